The quantitative estimate of drug-likeness (QED) is 0.320. The second-order valence-electron chi connectivity index (χ2n) is 6.05. The maximum absolute atomic E-state index is 8.77. The van der Waals surface area contributed by atoms with E-state index in [-0.39, 0.29) is 13.2 Å². The smallest absolute Gasteiger partial charge is 0.177 e. The molecule has 0 radical (unpaired) electrons. The Balaban J connectivity index is 1.65. The molecule has 0 saturated heterocycles. The number of fused-ring (bicyclic) bond motifs is 2. The number of oxime groups is 1. The number of nitrogens with zero attached hydrogens (tertiary/aromatic N) is 6. The number of aliphatic hydroxyl groups is 1. The molecule has 0 aliphatic rings. The molecule has 8 heteroatoms. The minimum atomic E-state index is -0.0832. The minimum Gasteiger partial charge on any atom is -0.393 e. The summed E-state index contributed by atoms with van der Waals surface area (Å²) in [5.74, 6) is 0.735. The van der Waals surface area contributed by atoms with Crippen LogP contribution in [0, 0.1) is 0 Å². The maximum atomic E-state index is 8.77. The lowest BCUT2D eigenvalue weighted by molar-refractivity contribution is 0.0986. The van der Waals surface area contributed by atoms with Crippen molar-refractivity contribution in [1.29, 1.82) is 0 Å². The summed E-state index contributed by atoms with van der Waals surface area (Å²) in [6.07, 6.45) is 2.38. The highest BCUT2D eigenvalue weighted by Gasteiger charge is 2.10. The highest BCUT2D eigenvalue weighted by atomic mass is 16.6. The van der Waals surface area contributed by atoms with Crippen molar-refractivity contribution in [3.63, 3.8) is 0 Å². The number of aliphatic hydroxyl groups excluding tert-OH is 1. The van der Waals surface area contributed by atoms with Crippen LogP contribution in [0.15, 0.2) is 53.8 Å². The third kappa shape index (κ3) is 3.61. The van der Waals surface area contributed by atoms with E-state index in [1.807, 2.05) is 36.4 Å². The van der Waals surface area contributed by atoms with Crippen molar-refractivity contribution < 1.29 is 9.94 Å². The molecule has 1 N–H and O–H groups in total. The number of aromatic nitrogens is 5. The fourth-order valence-electron chi connectivity index (χ4n) is 2.78. The zero-order valence-electron chi connectivity index (χ0n) is 14.8. The van der Waals surface area contributed by atoms with Gasteiger partial charge >= 0.3 is 0 Å². The first-order valence-corrected chi connectivity index (χ1v) is 8.57. The van der Waals surface area contributed by atoms with E-state index in [2.05, 4.69) is 31.5 Å². The van der Waals surface area contributed by atoms with Gasteiger partial charge in [-0.1, -0.05) is 17.3 Å². The molecule has 0 bridgehead atoms. The Morgan fingerprint density at radius 3 is 3.00 bits per heavy atom. The van der Waals surface area contributed by atoms with Crippen LogP contribution in [0.4, 0.5) is 0 Å². The van der Waals surface area contributed by atoms with Gasteiger partial charge in [-0.2, -0.15) is 9.61 Å². The van der Waals surface area contributed by atoms with Crippen molar-refractivity contribution in [2.45, 2.75) is 13.3 Å². The lowest BCUT2D eigenvalue weighted by atomic mass is 10.1. The third-order valence-corrected chi connectivity index (χ3v) is 4.11. The first-order chi connectivity index (χ1) is 13.2. The van der Waals surface area contributed by atoms with Crippen LogP contribution < -0.4 is 0 Å². The van der Waals surface area contributed by atoms with E-state index in [0.717, 1.165) is 22.3 Å². The summed E-state index contributed by atoms with van der Waals surface area (Å²) in [7, 11) is 0. The van der Waals surface area contributed by atoms with Crippen molar-refractivity contribution in [1.82, 2.24) is 24.8 Å². The fourth-order valence-corrected chi connectivity index (χ4v) is 2.78. The van der Waals surface area contributed by atoms with Gasteiger partial charge < -0.3 is 9.94 Å². The van der Waals surface area contributed by atoms with Crippen LogP contribution in [0.5, 0.6) is 0 Å². The molecule has 0 atom stereocenters. The molecule has 4 aromatic rings. The van der Waals surface area contributed by atoms with Gasteiger partial charge in [-0.05, 0) is 42.8 Å². The van der Waals surface area contributed by atoms with Crippen LogP contribution in [0.3, 0.4) is 0 Å². The Morgan fingerprint density at radius 2 is 2.11 bits per heavy atom. The van der Waals surface area contributed by atoms with E-state index >= 15 is 0 Å². The standard InChI is InChI=1S/C19H18N6O2/c1-13(24-27-10-9-26)16-6-7-18-21-22-19(25(18)23-16)12-14-4-5-17-15(11-14)3-2-8-20-17/h2-8,11,26H,9-10,12H2,1H3/b24-13+. The largest absolute Gasteiger partial charge is 0.393 e. The summed E-state index contributed by atoms with van der Waals surface area (Å²) in [6, 6.07) is 13.8. The molecule has 0 aliphatic carbocycles. The Morgan fingerprint density at radius 1 is 1.19 bits per heavy atom. The Bertz CT molecular complexity index is 1120. The van der Waals surface area contributed by atoms with Crippen molar-refractivity contribution in [3.05, 3.63) is 65.7 Å². The van der Waals surface area contributed by atoms with Gasteiger partial charge in [0.2, 0.25) is 0 Å². The molecule has 3 aromatic heterocycles. The summed E-state index contributed by atoms with van der Waals surface area (Å²) in [4.78, 5) is 9.36. The van der Waals surface area contributed by atoms with Gasteiger partial charge in [-0.15, -0.1) is 10.2 Å². The molecule has 0 aliphatic heterocycles. The highest BCUT2D eigenvalue weighted by molar-refractivity contribution is 5.96. The number of pyridine rings is 1. The average molecular weight is 362 g/mol. The minimum absolute atomic E-state index is 0.0832. The Labute approximate surface area is 155 Å². The van der Waals surface area contributed by atoms with Gasteiger partial charge in [0.15, 0.2) is 11.5 Å². The summed E-state index contributed by atoms with van der Waals surface area (Å²) >= 11 is 0. The molecular weight excluding hydrogens is 344 g/mol. The average Bonchev–Trinajstić information content (AvgIpc) is 3.10. The predicted octanol–water partition coefficient (Wildman–Crippen LogP) is 2.00. The van der Waals surface area contributed by atoms with Crippen LogP contribution in [-0.4, -0.2) is 48.8 Å². The van der Waals surface area contributed by atoms with E-state index in [9.17, 15) is 0 Å². The van der Waals surface area contributed by atoms with E-state index in [0.29, 0.717) is 23.5 Å². The van der Waals surface area contributed by atoms with Crippen molar-refractivity contribution in [2.75, 3.05) is 13.2 Å². The summed E-state index contributed by atoms with van der Waals surface area (Å²) in [5.41, 5.74) is 4.00. The van der Waals surface area contributed by atoms with Gasteiger partial charge in [0, 0.05) is 18.0 Å². The SMILES string of the molecule is C/C(=N\OCCO)c1ccc2nnc(Cc3ccc4ncccc4c3)n2n1. The van der Waals surface area contributed by atoms with E-state index < -0.39 is 0 Å². The zero-order chi connectivity index (χ0) is 18.6. The molecule has 3 heterocycles. The monoisotopic (exact) mass is 362 g/mol. The van der Waals surface area contributed by atoms with Gasteiger partial charge in [-0.25, -0.2) is 0 Å². The number of rotatable bonds is 6. The summed E-state index contributed by atoms with van der Waals surface area (Å²) < 4.78 is 1.72. The molecule has 0 unspecified atom stereocenters. The van der Waals surface area contributed by atoms with Crippen LogP contribution in [0.1, 0.15) is 24.0 Å². The summed E-state index contributed by atoms with van der Waals surface area (Å²) in [6.45, 7) is 1.86. The van der Waals surface area contributed by atoms with Gasteiger partial charge in [-0.3, -0.25) is 4.98 Å². The van der Waals surface area contributed by atoms with E-state index in [1.54, 1.807) is 17.6 Å². The van der Waals surface area contributed by atoms with Crippen molar-refractivity contribution >= 4 is 22.3 Å². The van der Waals surface area contributed by atoms with Crippen LogP contribution in [0.25, 0.3) is 16.6 Å². The van der Waals surface area contributed by atoms with E-state index in [1.165, 1.54) is 0 Å². The van der Waals surface area contributed by atoms with Crippen LogP contribution >= 0.6 is 0 Å². The van der Waals surface area contributed by atoms with Crippen LogP contribution in [0.2, 0.25) is 0 Å². The summed E-state index contributed by atoms with van der Waals surface area (Å²) in [5, 5.41) is 26.9. The fraction of sp³-hybridized carbons (Fsp3) is 0.211. The lowest BCUT2D eigenvalue weighted by Crippen LogP contribution is -2.07. The maximum Gasteiger partial charge on any atom is 0.177 e. The molecule has 0 amide bonds. The molecule has 0 saturated carbocycles. The second kappa shape index (κ2) is 7.46. The number of benzene rings is 1. The molecule has 0 spiro atoms. The third-order valence-electron chi connectivity index (χ3n) is 4.11. The zero-order valence-corrected chi connectivity index (χ0v) is 14.8. The van der Waals surface area contributed by atoms with E-state index in [4.69, 9.17) is 9.94 Å². The molecule has 136 valence electrons. The molecule has 4 rings (SSSR count). The lowest BCUT2D eigenvalue weighted by Gasteiger charge is -2.04. The molecular formula is C19H18N6O2. The predicted molar refractivity (Wildman–Crippen MR) is 101 cm³/mol. The van der Waals surface area contributed by atoms with Gasteiger partial charge in [0.05, 0.1) is 12.1 Å². The highest BCUT2D eigenvalue weighted by Crippen LogP contribution is 2.16. The van der Waals surface area contributed by atoms with Gasteiger partial charge in [0.25, 0.3) is 0 Å². The topological polar surface area (TPSA) is 97.8 Å². The first-order valence-electron chi connectivity index (χ1n) is 8.57. The molecule has 8 nitrogen and oxygen atoms in total. The Hall–Kier alpha value is -3.39. The molecule has 0 fully saturated rings. The van der Waals surface area contributed by atoms with Crippen molar-refractivity contribution in [3.8, 4) is 0 Å². The first kappa shape index (κ1) is 17.0. The number of hydrogen-bond donors (Lipinski definition) is 1. The normalized spacial score (nSPS) is 12.0. The Kier molecular flexibility index (Phi) is 4.71. The van der Waals surface area contributed by atoms with Crippen molar-refractivity contribution in [2.24, 2.45) is 5.16 Å². The number of hydrogen-bond acceptors (Lipinski definition) is 7. The van der Waals surface area contributed by atoms with Gasteiger partial charge in [0.1, 0.15) is 18.0 Å². The van der Waals surface area contributed by atoms with Crippen LogP contribution in [-0.2, 0) is 11.3 Å². The molecule has 1 aromatic carbocycles. The molecule has 27 heavy (non-hydrogen) atoms. The second-order valence-corrected chi connectivity index (χ2v) is 6.05.